The Labute approximate surface area is 788 Å². The summed E-state index contributed by atoms with van der Waals surface area (Å²) in [6.07, 6.45) is 7.95. The van der Waals surface area contributed by atoms with Gasteiger partial charge in [-0.1, -0.05) is 96.1 Å². The number of aryl methyl sites for hydroxylation is 3. The van der Waals surface area contributed by atoms with Crippen LogP contribution in [0.3, 0.4) is 0 Å². The lowest BCUT2D eigenvalue weighted by atomic mass is 9.98. The lowest BCUT2D eigenvalue weighted by Crippen LogP contribution is -2.60. The zero-order chi connectivity index (χ0) is 99.2. The minimum absolute atomic E-state index is 0.0221. The number of amides is 5. The second-order valence-corrected chi connectivity index (χ2v) is 37.2. The van der Waals surface area contributed by atoms with Crippen molar-refractivity contribution in [2.45, 2.75) is 103 Å². The molecule has 12 aromatic rings. The van der Waals surface area contributed by atoms with E-state index in [4.69, 9.17) is 34.8 Å². The first-order valence-corrected chi connectivity index (χ1v) is 45.3. The molecule has 30 nitrogen and oxygen atoms in total. The number of carbonyl (C=O) groups is 5. The standard InChI is InChI=1S/C32H28ClF3N6O4.C31H26ClF3N6O4.C31H27ClF3N5O5S/c1-6-19(44)40-11-12-41-17(13-40)31(45)39(5)29-22-28(23(33)21(25(29)36)20-18(43)8-7-16(34)24(20)35)42(32(46)38-30(22)41)27-15(4)9-10-37-26(27)14(2)3;1-5-18(43)39-10-11-40-16(12-39)30(44)37-26-21-28(22(32)20(24(26)35)19-17(42)7-6-15(33)23(19)34)41(31(45)38-29(21)40)27-14(4)8-9-36-25(27)13(2)3;1-5-19(42)38-10-11-39-16(12-38)13-46(44,45)29-22-28(23(32)21(25(29)35)20-18(41)7-6-17(33)24(20)34)40(31(43)37-30(22)39)27-15(4)8-9-36-26(27)14(2)3/h6-10,14,17,43H,1,11-13H2,2-5H3;5-9,13,16,42H,1,10-12H2,2-4H3,(H,37,44);5-9,14,16,41H,1,10-13H2,2-4H3. The van der Waals surface area contributed by atoms with Crippen LogP contribution in [0.25, 0.3) is 83.2 Å². The molecule has 3 unspecified atom stereocenters. The highest BCUT2D eigenvalue weighted by Crippen LogP contribution is 2.55. The lowest BCUT2D eigenvalue weighted by Gasteiger charge is -2.41. The van der Waals surface area contributed by atoms with E-state index < -0.39 is 215 Å². The van der Waals surface area contributed by atoms with Crippen LogP contribution in [0.5, 0.6) is 17.2 Å². The molecule has 6 aliphatic heterocycles. The number of hydrogen-bond donors (Lipinski definition) is 4. The number of fused-ring (bicyclic) bond motifs is 6. The number of pyridine rings is 3. The van der Waals surface area contributed by atoms with Gasteiger partial charge in [-0.3, -0.25) is 52.6 Å². The topological polar surface area (TPSA) is 358 Å². The van der Waals surface area contributed by atoms with Gasteiger partial charge in [-0.05, 0) is 128 Å². The number of aromatic hydroxyl groups is 3. The van der Waals surface area contributed by atoms with Crippen molar-refractivity contribution in [2.24, 2.45) is 0 Å². The summed E-state index contributed by atoms with van der Waals surface area (Å²) < 4.78 is 172. The molecule has 4 N–H and O–H groups in total. The molecule has 5 amide bonds. The highest BCUT2D eigenvalue weighted by Gasteiger charge is 2.49. The number of likely N-dealkylation sites (N-methyl/N-ethyl adjacent to an activating group) is 1. The molecule has 6 aliphatic rings. The quantitative estimate of drug-likeness (QED) is 0.0652. The first-order valence-electron chi connectivity index (χ1n) is 42.5. The maximum absolute atomic E-state index is 17.0. The molecule has 710 valence electrons. The molecule has 137 heavy (non-hydrogen) atoms. The molecular formula is C94H81Cl3F9N17O13S. The van der Waals surface area contributed by atoms with E-state index in [0.29, 0.717) is 52.0 Å². The van der Waals surface area contributed by atoms with Gasteiger partial charge in [0.05, 0.1) is 135 Å². The number of halogens is 12. The van der Waals surface area contributed by atoms with Gasteiger partial charge in [-0.2, -0.15) is 15.0 Å². The van der Waals surface area contributed by atoms with Gasteiger partial charge in [0.2, 0.25) is 23.6 Å². The molecule has 0 spiro atoms. The first-order chi connectivity index (χ1) is 64.8. The maximum Gasteiger partial charge on any atom is 0.354 e. The van der Waals surface area contributed by atoms with Crippen molar-refractivity contribution < 1.29 is 87.2 Å². The third-order valence-electron chi connectivity index (χ3n) is 25.0. The van der Waals surface area contributed by atoms with E-state index in [1.54, 1.807) is 51.4 Å². The summed E-state index contributed by atoms with van der Waals surface area (Å²) in [5, 5.41) is 32.3. The highest BCUT2D eigenvalue weighted by atomic mass is 35.5. The summed E-state index contributed by atoms with van der Waals surface area (Å²) in [6, 6.07) is 6.12. The molecule has 6 aromatic carbocycles. The Morgan fingerprint density at radius 3 is 1.19 bits per heavy atom. The number of piperazine rings is 3. The summed E-state index contributed by atoms with van der Waals surface area (Å²) in [5.74, 6) is -20.4. The number of nitrogens with zero attached hydrogens (tertiary/aromatic N) is 16. The van der Waals surface area contributed by atoms with Gasteiger partial charge in [0, 0.05) is 88.1 Å². The molecule has 3 saturated heterocycles. The van der Waals surface area contributed by atoms with Gasteiger partial charge in [-0.25, -0.2) is 62.3 Å². The molecule has 3 atom stereocenters. The molecule has 0 aliphatic carbocycles. The Kier molecular flexibility index (Phi) is 25.3. The zero-order valence-corrected chi connectivity index (χ0v) is 77.4. The second-order valence-electron chi connectivity index (χ2n) is 34.1. The third kappa shape index (κ3) is 15.6. The van der Waals surface area contributed by atoms with E-state index >= 15 is 26.3 Å². The third-order valence-corrected chi connectivity index (χ3v) is 27.9. The normalized spacial score (nSPS) is 16.5. The molecule has 6 aromatic heterocycles. The predicted molar refractivity (Wildman–Crippen MR) is 496 cm³/mol. The van der Waals surface area contributed by atoms with Crippen molar-refractivity contribution in [3.05, 3.63) is 244 Å². The molecule has 18 rings (SSSR count). The number of anilines is 5. The monoisotopic (exact) mass is 1960 g/mol. The smallest absolute Gasteiger partial charge is 0.354 e. The van der Waals surface area contributed by atoms with E-state index in [-0.39, 0.29) is 144 Å². The molecular weight excluding hydrogens is 1880 g/mol. The second kappa shape index (κ2) is 36.1. The number of rotatable bonds is 12. The summed E-state index contributed by atoms with van der Waals surface area (Å²) in [7, 11) is -3.40. The minimum atomic E-state index is -4.68. The van der Waals surface area contributed by atoms with Crippen LogP contribution >= 0.6 is 34.8 Å². The average molecular weight is 1970 g/mol. The van der Waals surface area contributed by atoms with Gasteiger partial charge < -0.3 is 54.9 Å². The summed E-state index contributed by atoms with van der Waals surface area (Å²) in [4.78, 5) is 143. The van der Waals surface area contributed by atoms with E-state index in [9.17, 15) is 75.3 Å². The van der Waals surface area contributed by atoms with E-state index in [2.05, 4.69) is 55.0 Å². The van der Waals surface area contributed by atoms with Crippen molar-refractivity contribution in [3.8, 4) is 67.7 Å². The Morgan fingerprint density at radius 1 is 0.445 bits per heavy atom. The van der Waals surface area contributed by atoms with Crippen LogP contribution in [0.15, 0.2) is 130 Å². The Morgan fingerprint density at radius 2 is 0.788 bits per heavy atom. The number of hydrogen-bond acceptors (Lipinski definition) is 22. The van der Waals surface area contributed by atoms with Crippen LogP contribution in [0, 0.1) is 73.1 Å². The number of sulfone groups is 1. The van der Waals surface area contributed by atoms with Crippen LogP contribution in [0.1, 0.15) is 93.1 Å². The van der Waals surface area contributed by atoms with Gasteiger partial charge >= 0.3 is 17.1 Å². The fourth-order valence-electron chi connectivity index (χ4n) is 18.6. The number of carbonyl (C=O) groups excluding carboxylic acids is 5. The van der Waals surface area contributed by atoms with Gasteiger partial charge in [0.1, 0.15) is 51.7 Å². The fraction of sp³-hybridized carbons (Fsp3) is 0.277. The average Bonchev–Trinajstić information content (AvgIpc) is 1.66. The molecule has 0 radical (unpaired) electrons. The minimum Gasteiger partial charge on any atom is -0.507 e. The van der Waals surface area contributed by atoms with Crippen molar-refractivity contribution in [2.75, 3.05) is 96.6 Å². The zero-order valence-electron chi connectivity index (χ0n) is 74.3. The van der Waals surface area contributed by atoms with Crippen LogP contribution in [0.2, 0.25) is 15.1 Å². The number of nitrogens with one attached hydrogen (secondary N) is 1. The van der Waals surface area contributed by atoms with Crippen LogP contribution in [0.4, 0.5) is 68.3 Å². The van der Waals surface area contributed by atoms with E-state index in [0.717, 1.165) is 55.0 Å². The SMILES string of the molecule is C=CC(=O)N1CCN2c3nc(=O)n(-c4c(C)ccnc4C(C)C)c4c(Cl)c(-c5c(O)ccc(F)c5F)c(F)c(c34)N(C)C(=O)C2C1.C=CC(=O)N1CCN2c3nc(=O)n(-c4c(C)ccnc4C(C)C)c4c(Cl)c(-c5c(O)ccc(F)c5F)c(F)c(c34)NC(=O)C2C1.C=CC(=O)N1CCN2c3nc(=O)n(-c4c(C)ccnc4C(C)C)c4c(Cl)c(-c5c(O)ccc(F)c5F)c(F)c(c34)S(=O)(=O)CC2C1. The summed E-state index contributed by atoms with van der Waals surface area (Å²) in [5.41, 5.74) is -5.89. The first kappa shape index (κ1) is 95.9. The maximum atomic E-state index is 17.0. The van der Waals surface area contributed by atoms with Gasteiger partial charge in [0.15, 0.2) is 62.2 Å². The summed E-state index contributed by atoms with van der Waals surface area (Å²) >= 11 is 20.8. The Bertz CT molecular complexity index is 7680. The number of phenolic OH excluding ortho intramolecular Hbond substituents is 3. The van der Waals surface area contributed by atoms with Gasteiger partial charge in [-0.15, -0.1) is 0 Å². The lowest BCUT2D eigenvalue weighted by molar-refractivity contribution is -0.129. The highest BCUT2D eigenvalue weighted by molar-refractivity contribution is 7.91. The fourth-order valence-corrected chi connectivity index (χ4v) is 21.5. The molecule has 0 saturated carbocycles. The van der Waals surface area contributed by atoms with Crippen molar-refractivity contribution in [1.29, 1.82) is 0 Å². The molecule has 12 heterocycles. The number of benzene rings is 6. The van der Waals surface area contributed by atoms with E-state index in [1.807, 2.05) is 41.5 Å². The van der Waals surface area contributed by atoms with E-state index in [1.165, 1.54) is 42.6 Å². The van der Waals surface area contributed by atoms with Crippen molar-refractivity contribution >= 4 is 136 Å². The number of phenols is 3. The predicted octanol–water partition coefficient (Wildman–Crippen LogP) is 14.3. The van der Waals surface area contributed by atoms with Crippen molar-refractivity contribution in [1.82, 2.24) is 58.3 Å². The molecule has 43 heteroatoms. The Hall–Kier alpha value is -14.3. The summed E-state index contributed by atoms with van der Waals surface area (Å²) in [6.45, 7) is 26.7. The number of aromatic nitrogens is 9. The van der Waals surface area contributed by atoms with Crippen LogP contribution < -0.4 is 42.0 Å². The molecule has 0 bridgehead atoms. The van der Waals surface area contributed by atoms with Crippen molar-refractivity contribution in [3.63, 3.8) is 0 Å². The van der Waals surface area contributed by atoms with Crippen LogP contribution in [-0.2, 0) is 33.8 Å². The Balaban J connectivity index is 0.000000149. The van der Waals surface area contributed by atoms with Gasteiger partial charge in [0.25, 0.3) is 5.91 Å². The molecule has 3 fully saturated rings. The largest absolute Gasteiger partial charge is 0.507 e. The van der Waals surface area contributed by atoms with Crippen LogP contribution in [-0.4, -0.2) is 201 Å².